The average molecular weight is 605 g/mol. The van der Waals surface area contributed by atoms with Gasteiger partial charge in [0.25, 0.3) is 0 Å². The molecule has 0 aliphatic heterocycles. The highest BCUT2D eigenvalue weighted by Crippen LogP contribution is 2.30. The number of esters is 2. The molecule has 0 aliphatic rings. The molecule has 0 saturated heterocycles. The predicted octanol–water partition coefficient (Wildman–Crippen LogP) is 5.99. The van der Waals surface area contributed by atoms with E-state index in [4.69, 9.17) is 21.1 Å². The number of hydrogen-bond acceptors (Lipinski definition) is 4. The summed E-state index contributed by atoms with van der Waals surface area (Å²) < 4.78 is 12.7. The molecule has 0 N–H and O–H groups in total. The van der Waals surface area contributed by atoms with E-state index < -0.39 is 11.9 Å². The summed E-state index contributed by atoms with van der Waals surface area (Å²) in [5, 5.41) is 0.168. The normalized spacial score (nSPS) is 10.3. The van der Waals surface area contributed by atoms with Crippen molar-refractivity contribution >= 4 is 68.7 Å². The number of benzene rings is 3. The number of carbonyl (C=O) groups is 2. The van der Waals surface area contributed by atoms with Crippen LogP contribution in [-0.2, 0) is 0 Å². The third kappa shape index (κ3) is 5.43. The van der Waals surface area contributed by atoms with Crippen LogP contribution in [0.2, 0.25) is 5.02 Å². The molecular weight excluding hydrogens is 593 g/mol. The lowest BCUT2D eigenvalue weighted by Gasteiger charge is -2.09. The lowest BCUT2D eigenvalue weighted by atomic mass is 10.2. The first-order chi connectivity index (χ1) is 12.9. The number of carbonyl (C=O) groups excluding carboxylic acids is 2. The summed E-state index contributed by atoms with van der Waals surface area (Å²) in [5.74, 6) is -0.560. The Morgan fingerprint density at radius 1 is 0.704 bits per heavy atom. The summed E-state index contributed by atoms with van der Waals surface area (Å²) in [5.41, 5.74) is 0.849. The first-order valence-corrected chi connectivity index (χ1v) is 10.2. The fourth-order valence-corrected chi connectivity index (χ4v) is 3.05. The minimum absolute atomic E-state index is 0.168. The van der Waals surface area contributed by atoms with E-state index in [2.05, 4.69) is 45.2 Å². The number of ether oxygens (including phenoxy) is 2. The molecule has 0 fully saturated rings. The largest absolute Gasteiger partial charge is 0.423 e. The van der Waals surface area contributed by atoms with Gasteiger partial charge in [-0.1, -0.05) is 11.6 Å². The van der Waals surface area contributed by atoms with E-state index >= 15 is 0 Å². The second kappa shape index (κ2) is 9.03. The highest BCUT2D eigenvalue weighted by atomic mass is 127. The van der Waals surface area contributed by atoms with Crippen LogP contribution in [-0.4, -0.2) is 11.9 Å². The Morgan fingerprint density at radius 2 is 1.19 bits per heavy atom. The van der Waals surface area contributed by atoms with Crippen molar-refractivity contribution in [3.8, 4) is 11.5 Å². The van der Waals surface area contributed by atoms with Crippen LogP contribution in [0.4, 0.5) is 0 Å². The maximum absolute atomic E-state index is 12.2. The van der Waals surface area contributed by atoms with Crippen LogP contribution in [0, 0.1) is 7.14 Å². The topological polar surface area (TPSA) is 52.6 Å². The zero-order valence-electron chi connectivity index (χ0n) is 13.6. The van der Waals surface area contributed by atoms with E-state index in [0.29, 0.717) is 11.1 Å². The van der Waals surface area contributed by atoms with E-state index in [0.717, 1.165) is 7.14 Å². The average Bonchev–Trinajstić information content (AvgIpc) is 2.65. The number of hydrogen-bond donors (Lipinski definition) is 0. The SMILES string of the molecule is O=C(Oc1ccc(OC(=O)c2ccc(I)cc2)c(Cl)c1)c1ccc(I)cc1. The first kappa shape index (κ1) is 20.1. The molecule has 0 bridgehead atoms. The summed E-state index contributed by atoms with van der Waals surface area (Å²) >= 11 is 10.5. The van der Waals surface area contributed by atoms with Gasteiger partial charge in [-0.2, -0.15) is 0 Å². The van der Waals surface area contributed by atoms with Crippen LogP contribution in [0.25, 0.3) is 0 Å². The van der Waals surface area contributed by atoms with Crippen molar-refractivity contribution in [2.24, 2.45) is 0 Å². The van der Waals surface area contributed by atoms with E-state index in [-0.39, 0.29) is 16.5 Å². The minimum atomic E-state index is -0.517. The summed E-state index contributed by atoms with van der Waals surface area (Å²) in [6.07, 6.45) is 0. The Morgan fingerprint density at radius 3 is 1.67 bits per heavy atom. The molecule has 3 rings (SSSR count). The van der Waals surface area contributed by atoms with Gasteiger partial charge in [-0.3, -0.25) is 0 Å². The molecule has 136 valence electrons. The standard InChI is InChI=1S/C20H11ClI2O4/c21-17-11-16(26-19(24)12-1-5-14(22)6-2-12)9-10-18(17)27-20(25)13-3-7-15(23)8-4-13/h1-11H. The summed E-state index contributed by atoms with van der Waals surface area (Å²) in [4.78, 5) is 24.3. The van der Waals surface area contributed by atoms with Crippen molar-refractivity contribution < 1.29 is 19.1 Å². The predicted molar refractivity (Wildman–Crippen MR) is 120 cm³/mol. The molecule has 3 aromatic carbocycles. The minimum Gasteiger partial charge on any atom is -0.423 e. The van der Waals surface area contributed by atoms with Crippen molar-refractivity contribution in [1.29, 1.82) is 0 Å². The van der Waals surface area contributed by atoms with Gasteiger partial charge in [-0.25, -0.2) is 9.59 Å². The van der Waals surface area contributed by atoms with Gasteiger partial charge in [0.1, 0.15) is 11.5 Å². The third-order valence-corrected chi connectivity index (χ3v) is 5.21. The van der Waals surface area contributed by atoms with Crippen molar-refractivity contribution in [3.63, 3.8) is 0 Å². The smallest absolute Gasteiger partial charge is 0.343 e. The maximum Gasteiger partial charge on any atom is 0.343 e. The van der Waals surface area contributed by atoms with Gasteiger partial charge in [0.15, 0.2) is 0 Å². The van der Waals surface area contributed by atoms with Crippen LogP contribution in [0.15, 0.2) is 66.7 Å². The van der Waals surface area contributed by atoms with Crippen LogP contribution >= 0.6 is 56.8 Å². The van der Waals surface area contributed by atoms with Crippen LogP contribution in [0.1, 0.15) is 20.7 Å². The fourth-order valence-electron chi connectivity index (χ4n) is 2.12. The lowest BCUT2D eigenvalue weighted by molar-refractivity contribution is 0.0719. The van der Waals surface area contributed by atoms with Crippen LogP contribution in [0.3, 0.4) is 0 Å². The second-order valence-corrected chi connectivity index (χ2v) is 8.28. The van der Waals surface area contributed by atoms with Crippen molar-refractivity contribution in [2.45, 2.75) is 0 Å². The van der Waals surface area contributed by atoms with E-state index in [1.54, 1.807) is 24.3 Å². The number of halogens is 3. The molecule has 0 atom stereocenters. The second-order valence-electron chi connectivity index (χ2n) is 5.39. The highest BCUT2D eigenvalue weighted by molar-refractivity contribution is 14.1. The summed E-state index contributed by atoms with van der Waals surface area (Å²) in [7, 11) is 0. The van der Waals surface area contributed by atoms with Crippen LogP contribution < -0.4 is 9.47 Å². The maximum atomic E-state index is 12.2. The van der Waals surface area contributed by atoms with E-state index in [9.17, 15) is 9.59 Å². The van der Waals surface area contributed by atoms with Crippen LogP contribution in [0.5, 0.6) is 11.5 Å². The Balaban J connectivity index is 1.69. The molecule has 0 aromatic heterocycles. The molecule has 0 heterocycles. The molecule has 0 radical (unpaired) electrons. The van der Waals surface area contributed by atoms with E-state index in [1.807, 2.05) is 24.3 Å². The number of rotatable bonds is 4. The fraction of sp³-hybridized carbons (Fsp3) is 0. The molecule has 0 saturated carbocycles. The van der Waals surface area contributed by atoms with Crippen molar-refractivity contribution in [2.75, 3.05) is 0 Å². The molecule has 3 aromatic rings. The molecule has 0 unspecified atom stereocenters. The highest BCUT2D eigenvalue weighted by Gasteiger charge is 2.14. The van der Waals surface area contributed by atoms with Gasteiger partial charge in [0.05, 0.1) is 16.1 Å². The van der Waals surface area contributed by atoms with Gasteiger partial charge in [-0.05, 0) is 106 Å². The summed E-state index contributed by atoms with van der Waals surface area (Å²) in [6.45, 7) is 0. The molecule has 0 spiro atoms. The third-order valence-electron chi connectivity index (χ3n) is 3.48. The Bertz CT molecular complexity index is 986. The zero-order valence-corrected chi connectivity index (χ0v) is 18.7. The Labute approximate surface area is 188 Å². The van der Waals surface area contributed by atoms with E-state index in [1.165, 1.54) is 18.2 Å². The lowest BCUT2D eigenvalue weighted by Crippen LogP contribution is -2.10. The zero-order chi connectivity index (χ0) is 19.4. The quantitative estimate of drug-likeness (QED) is 0.209. The molecule has 7 heteroatoms. The molecule has 0 aliphatic carbocycles. The van der Waals surface area contributed by atoms with Crippen molar-refractivity contribution in [3.05, 3.63) is 90.0 Å². The summed E-state index contributed by atoms with van der Waals surface area (Å²) in [6, 6.07) is 18.4. The molecule has 27 heavy (non-hydrogen) atoms. The Kier molecular flexibility index (Phi) is 6.72. The van der Waals surface area contributed by atoms with Crippen molar-refractivity contribution in [1.82, 2.24) is 0 Å². The molecule has 0 amide bonds. The molecular formula is C20H11ClI2O4. The molecule has 4 nitrogen and oxygen atoms in total. The Hall–Kier alpha value is -1.65. The van der Waals surface area contributed by atoms with Gasteiger partial charge < -0.3 is 9.47 Å². The van der Waals surface area contributed by atoms with Gasteiger partial charge in [-0.15, -0.1) is 0 Å². The monoisotopic (exact) mass is 604 g/mol. The van der Waals surface area contributed by atoms with Gasteiger partial charge in [0, 0.05) is 13.2 Å². The first-order valence-electron chi connectivity index (χ1n) is 7.67. The van der Waals surface area contributed by atoms with Gasteiger partial charge >= 0.3 is 11.9 Å². The van der Waals surface area contributed by atoms with Gasteiger partial charge in [0.2, 0.25) is 0 Å².